The first kappa shape index (κ1) is 12.0. The Balaban J connectivity index is 2.38. The van der Waals surface area contributed by atoms with Gasteiger partial charge in [0.15, 0.2) is 6.23 Å². The second kappa shape index (κ2) is 4.40. The molecule has 1 aromatic rings. The summed E-state index contributed by atoms with van der Waals surface area (Å²) in [7, 11) is 0. The van der Waals surface area contributed by atoms with Crippen molar-refractivity contribution in [2.24, 2.45) is 0 Å². The summed E-state index contributed by atoms with van der Waals surface area (Å²) in [6.45, 7) is -0.311. The summed E-state index contributed by atoms with van der Waals surface area (Å²) in [6.07, 6.45) is -1.96. The standard InChI is InChI=1S/C9H11FN2O5/c10-5-2-12(9(16)11-7(5)15)8-6(14)1-4(3-13)17-8/h2,4,6,8,13-14H,1,3H2,(H,11,15,16)/t4-,6?,8+/m1/s1. The fourth-order valence-electron chi connectivity index (χ4n) is 1.75. The van der Waals surface area contributed by atoms with E-state index < -0.39 is 35.5 Å². The molecule has 94 valence electrons. The Labute approximate surface area is 94.1 Å². The summed E-state index contributed by atoms with van der Waals surface area (Å²) in [5.41, 5.74) is -2.00. The van der Waals surface area contributed by atoms with Crippen molar-refractivity contribution in [2.75, 3.05) is 6.61 Å². The van der Waals surface area contributed by atoms with Crippen LogP contribution in [0.25, 0.3) is 0 Å². The maximum atomic E-state index is 13.0. The predicted molar refractivity (Wildman–Crippen MR) is 52.9 cm³/mol. The molecule has 0 radical (unpaired) electrons. The molecule has 0 bridgehead atoms. The van der Waals surface area contributed by atoms with Crippen molar-refractivity contribution in [3.63, 3.8) is 0 Å². The van der Waals surface area contributed by atoms with Crippen molar-refractivity contribution in [1.82, 2.24) is 9.55 Å². The molecule has 8 heteroatoms. The molecule has 7 nitrogen and oxygen atoms in total. The normalized spacial score (nSPS) is 28.5. The molecule has 1 fully saturated rings. The maximum Gasteiger partial charge on any atom is 0.330 e. The molecule has 3 atom stereocenters. The molecule has 1 aliphatic heterocycles. The third kappa shape index (κ3) is 2.14. The van der Waals surface area contributed by atoms with E-state index in [1.807, 2.05) is 0 Å². The van der Waals surface area contributed by atoms with E-state index in [9.17, 15) is 19.1 Å². The number of hydrogen-bond donors (Lipinski definition) is 3. The lowest BCUT2D eigenvalue weighted by molar-refractivity contribution is -0.0535. The first-order valence-corrected chi connectivity index (χ1v) is 4.98. The lowest BCUT2D eigenvalue weighted by Gasteiger charge is -2.16. The molecule has 0 spiro atoms. The van der Waals surface area contributed by atoms with E-state index in [0.717, 1.165) is 4.57 Å². The summed E-state index contributed by atoms with van der Waals surface area (Å²) in [4.78, 5) is 24.0. The fourth-order valence-corrected chi connectivity index (χ4v) is 1.75. The van der Waals surface area contributed by atoms with Gasteiger partial charge in [-0.15, -0.1) is 0 Å². The van der Waals surface area contributed by atoms with Crippen LogP contribution in [0.5, 0.6) is 0 Å². The Bertz CT molecular complexity index is 525. The van der Waals surface area contributed by atoms with Crippen LogP contribution in [0.3, 0.4) is 0 Å². The second-order valence-electron chi connectivity index (χ2n) is 3.78. The molecule has 1 aromatic heterocycles. The monoisotopic (exact) mass is 246 g/mol. The maximum absolute atomic E-state index is 13.0. The lowest BCUT2D eigenvalue weighted by Crippen LogP contribution is -2.36. The molecule has 0 saturated carbocycles. The molecule has 0 amide bonds. The van der Waals surface area contributed by atoms with Crippen molar-refractivity contribution in [3.05, 3.63) is 32.9 Å². The van der Waals surface area contributed by atoms with E-state index in [-0.39, 0.29) is 13.0 Å². The van der Waals surface area contributed by atoms with Crippen LogP contribution in [0.15, 0.2) is 15.8 Å². The minimum atomic E-state index is -1.15. The molecule has 3 N–H and O–H groups in total. The van der Waals surface area contributed by atoms with Crippen LogP contribution in [0.1, 0.15) is 12.6 Å². The molecule has 2 heterocycles. The van der Waals surface area contributed by atoms with E-state index in [1.54, 1.807) is 4.98 Å². The highest BCUT2D eigenvalue weighted by Gasteiger charge is 2.35. The Morgan fingerprint density at radius 3 is 2.88 bits per heavy atom. The zero-order valence-corrected chi connectivity index (χ0v) is 8.67. The van der Waals surface area contributed by atoms with Gasteiger partial charge in [0, 0.05) is 6.42 Å². The third-order valence-corrected chi connectivity index (χ3v) is 2.57. The number of hydrogen-bond acceptors (Lipinski definition) is 5. The van der Waals surface area contributed by atoms with E-state index in [0.29, 0.717) is 6.20 Å². The highest BCUT2D eigenvalue weighted by Crippen LogP contribution is 2.27. The van der Waals surface area contributed by atoms with Crippen LogP contribution in [0.4, 0.5) is 4.39 Å². The highest BCUT2D eigenvalue weighted by molar-refractivity contribution is 4.91. The third-order valence-electron chi connectivity index (χ3n) is 2.57. The number of rotatable bonds is 2. The number of halogens is 1. The van der Waals surface area contributed by atoms with Crippen LogP contribution >= 0.6 is 0 Å². The molecule has 0 aromatic carbocycles. The summed E-state index contributed by atoms with van der Waals surface area (Å²) in [5.74, 6) is -1.15. The van der Waals surface area contributed by atoms with Gasteiger partial charge < -0.3 is 14.9 Å². The SMILES string of the molecule is O=c1[nH]c(=O)n([C@H]2O[C@@H](CO)CC2O)cc1F. The summed E-state index contributed by atoms with van der Waals surface area (Å²) < 4.78 is 18.9. The van der Waals surface area contributed by atoms with Crippen LogP contribution in [0, 0.1) is 5.82 Å². The van der Waals surface area contributed by atoms with Gasteiger partial charge in [-0.2, -0.15) is 4.39 Å². The Hall–Kier alpha value is -1.51. The van der Waals surface area contributed by atoms with Gasteiger partial charge in [0.2, 0.25) is 5.82 Å². The quantitative estimate of drug-likeness (QED) is 0.578. The van der Waals surface area contributed by atoms with E-state index in [2.05, 4.69) is 0 Å². The second-order valence-corrected chi connectivity index (χ2v) is 3.78. The van der Waals surface area contributed by atoms with Gasteiger partial charge >= 0.3 is 5.69 Å². The number of aromatic nitrogens is 2. The van der Waals surface area contributed by atoms with Crippen molar-refractivity contribution in [1.29, 1.82) is 0 Å². The van der Waals surface area contributed by atoms with Gasteiger partial charge in [-0.05, 0) is 0 Å². The van der Waals surface area contributed by atoms with Crippen LogP contribution in [-0.2, 0) is 4.74 Å². The zero-order chi connectivity index (χ0) is 12.6. The number of nitrogens with zero attached hydrogens (tertiary/aromatic N) is 1. The molecule has 2 rings (SSSR count). The first-order valence-electron chi connectivity index (χ1n) is 4.98. The molecule has 1 unspecified atom stereocenters. The number of aliphatic hydroxyl groups is 2. The molecule has 0 aliphatic carbocycles. The smallest absolute Gasteiger partial charge is 0.330 e. The van der Waals surface area contributed by atoms with Gasteiger partial charge in [0.25, 0.3) is 5.56 Å². The Morgan fingerprint density at radius 1 is 1.59 bits per heavy atom. The average molecular weight is 246 g/mol. The van der Waals surface area contributed by atoms with E-state index in [1.165, 1.54) is 0 Å². The van der Waals surface area contributed by atoms with Crippen molar-refractivity contribution >= 4 is 0 Å². The van der Waals surface area contributed by atoms with Crippen LogP contribution in [-0.4, -0.2) is 38.6 Å². The lowest BCUT2D eigenvalue weighted by atomic mass is 10.2. The minimum absolute atomic E-state index is 0.133. The fraction of sp³-hybridized carbons (Fsp3) is 0.556. The van der Waals surface area contributed by atoms with Crippen molar-refractivity contribution < 1.29 is 19.3 Å². The van der Waals surface area contributed by atoms with Crippen LogP contribution in [0.2, 0.25) is 0 Å². The predicted octanol–water partition coefficient (Wildman–Crippen LogP) is -1.68. The van der Waals surface area contributed by atoms with Crippen LogP contribution < -0.4 is 11.2 Å². The van der Waals surface area contributed by atoms with Crippen molar-refractivity contribution in [2.45, 2.75) is 24.9 Å². The highest BCUT2D eigenvalue weighted by atomic mass is 19.1. The number of nitrogens with one attached hydrogen (secondary N) is 1. The topological polar surface area (TPSA) is 105 Å². The molecule has 17 heavy (non-hydrogen) atoms. The number of H-pyrrole nitrogens is 1. The van der Waals surface area contributed by atoms with Gasteiger partial charge in [-0.3, -0.25) is 14.3 Å². The zero-order valence-electron chi connectivity index (χ0n) is 8.67. The van der Waals surface area contributed by atoms with Gasteiger partial charge in [-0.25, -0.2) is 4.79 Å². The molecular weight excluding hydrogens is 235 g/mol. The molecule has 1 aliphatic rings. The molecule has 1 saturated heterocycles. The Kier molecular flexibility index (Phi) is 3.09. The number of aliphatic hydroxyl groups excluding tert-OH is 2. The van der Waals surface area contributed by atoms with Gasteiger partial charge in [-0.1, -0.05) is 0 Å². The largest absolute Gasteiger partial charge is 0.394 e. The Morgan fingerprint density at radius 2 is 2.29 bits per heavy atom. The minimum Gasteiger partial charge on any atom is -0.394 e. The van der Waals surface area contributed by atoms with E-state index >= 15 is 0 Å². The van der Waals surface area contributed by atoms with Gasteiger partial charge in [0.05, 0.1) is 18.9 Å². The first-order chi connectivity index (χ1) is 8.02. The summed E-state index contributed by atoms with van der Waals surface area (Å²) in [5, 5.41) is 18.5. The van der Waals surface area contributed by atoms with Gasteiger partial charge in [0.1, 0.15) is 6.10 Å². The van der Waals surface area contributed by atoms with Crippen molar-refractivity contribution in [3.8, 4) is 0 Å². The number of aromatic amines is 1. The summed E-state index contributed by atoms with van der Waals surface area (Å²) >= 11 is 0. The van der Waals surface area contributed by atoms with E-state index in [4.69, 9.17) is 9.84 Å². The molecular formula is C9H11FN2O5. The average Bonchev–Trinajstić information content (AvgIpc) is 2.65. The summed E-state index contributed by atoms with van der Waals surface area (Å²) in [6, 6.07) is 0. The number of ether oxygens (including phenoxy) is 1.